The lowest BCUT2D eigenvalue weighted by atomic mass is 9.78. The van der Waals surface area contributed by atoms with Gasteiger partial charge in [-0.2, -0.15) is 0 Å². The maximum atomic E-state index is 14.3. The van der Waals surface area contributed by atoms with Gasteiger partial charge in [0.2, 0.25) is 5.78 Å². The number of ketones is 2. The number of phenols is 2. The second-order valence-corrected chi connectivity index (χ2v) is 16.4. The molecule has 0 radical (unpaired) electrons. The van der Waals surface area contributed by atoms with E-state index in [1.165, 1.54) is 11.8 Å². The number of carbonyl (C=O) groups is 2. The van der Waals surface area contributed by atoms with Gasteiger partial charge in [0.05, 0.1) is 22.3 Å². The average Bonchev–Trinajstić information content (AvgIpc) is 2.90. The molecule has 0 aliphatic heterocycles. The molecule has 0 saturated carbocycles. The highest BCUT2D eigenvalue weighted by atomic mass is 32.2. The molecule has 6 heteroatoms. The highest BCUT2D eigenvalue weighted by Gasteiger charge is 2.39. The van der Waals surface area contributed by atoms with E-state index >= 15 is 0 Å². The molecule has 0 heterocycles. The zero-order valence-corrected chi connectivity index (χ0v) is 28.5. The Bertz CT molecular complexity index is 1550. The number of anilines is 1. The summed E-state index contributed by atoms with van der Waals surface area (Å²) >= 11 is 1.39. The van der Waals surface area contributed by atoms with E-state index in [0.717, 1.165) is 30.6 Å². The summed E-state index contributed by atoms with van der Waals surface area (Å²) in [5.74, 6) is -0.583. The second-order valence-electron chi connectivity index (χ2n) is 15.2. The number of hydrogen-bond acceptors (Lipinski definition) is 6. The first kappa shape index (κ1) is 33.6. The van der Waals surface area contributed by atoms with Crippen molar-refractivity contribution in [1.82, 2.24) is 0 Å². The Hall–Kier alpha value is -3.25. The normalized spacial score (nSPS) is 14.7. The molecule has 5 nitrogen and oxygen atoms in total. The van der Waals surface area contributed by atoms with Gasteiger partial charge < -0.3 is 15.9 Å². The molecule has 0 fully saturated rings. The number of fused-ring (bicyclic) bond motifs is 2. The van der Waals surface area contributed by atoms with Crippen molar-refractivity contribution >= 4 is 29.0 Å². The van der Waals surface area contributed by atoms with E-state index < -0.39 is 11.6 Å². The molecule has 0 saturated heterocycles. The number of benzene rings is 3. The maximum absolute atomic E-state index is 14.3. The predicted octanol–water partition coefficient (Wildman–Crippen LogP) is 9.62. The van der Waals surface area contributed by atoms with Crippen LogP contribution < -0.4 is 5.73 Å². The van der Waals surface area contributed by atoms with Crippen molar-refractivity contribution in [1.29, 1.82) is 0 Å². The first-order valence-corrected chi connectivity index (χ1v) is 16.6. The first-order chi connectivity index (χ1) is 20.5. The summed E-state index contributed by atoms with van der Waals surface area (Å²) in [6.45, 7) is 17.6. The van der Waals surface area contributed by atoms with Gasteiger partial charge in [-0.1, -0.05) is 85.4 Å². The van der Waals surface area contributed by atoms with Crippen molar-refractivity contribution in [3.8, 4) is 11.5 Å². The molecular formula is C38H49NO4S. The van der Waals surface area contributed by atoms with E-state index in [1.807, 2.05) is 36.4 Å². The predicted molar refractivity (Wildman–Crippen MR) is 181 cm³/mol. The van der Waals surface area contributed by atoms with Crippen LogP contribution in [0.1, 0.15) is 124 Å². The molecular weight excluding hydrogens is 566 g/mol. The Balaban J connectivity index is 1.79. The molecule has 0 spiro atoms. The Morgan fingerprint density at radius 2 is 1.16 bits per heavy atom. The number of nitrogens with two attached hydrogens (primary N) is 1. The summed E-state index contributed by atoms with van der Waals surface area (Å²) in [4.78, 5) is 30.0. The fourth-order valence-electron chi connectivity index (χ4n) is 6.79. The Morgan fingerprint density at radius 3 is 1.66 bits per heavy atom. The molecule has 4 N–H and O–H groups in total. The fraction of sp³-hybridized carbons (Fsp3) is 0.474. The molecule has 4 rings (SSSR count). The van der Waals surface area contributed by atoms with Crippen LogP contribution in [0.2, 0.25) is 0 Å². The summed E-state index contributed by atoms with van der Waals surface area (Å²) in [6.07, 6.45) is 4.77. The van der Waals surface area contributed by atoms with Crippen LogP contribution in [0.5, 0.6) is 11.5 Å². The van der Waals surface area contributed by atoms with Crippen molar-refractivity contribution in [2.24, 2.45) is 22.7 Å². The minimum atomic E-state index is -0.555. The molecule has 2 atom stereocenters. The molecule has 0 aromatic heterocycles. The van der Waals surface area contributed by atoms with Crippen molar-refractivity contribution < 1.29 is 19.8 Å². The lowest BCUT2D eigenvalue weighted by molar-refractivity contribution is 0.0972. The summed E-state index contributed by atoms with van der Waals surface area (Å²) in [6, 6.07) is 13.2. The third-order valence-electron chi connectivity index (χ3n) is 8.37. The van der Waals surface area contributed by atoms with E-state index in [1.54, 1.807) is 6.07 Å². The lowest BCUT2D eigenvalue weighted by Crippen LogP contribution is -2.25. The molecule has 3 aromatic carbocycles. The molecule has 236 valence electrons. The number of nitrogen functional groups attached to an aromatic ring is 1. The SMILES string of the molecule is CC(CCc1cc(N)c2c(c1O)C(=O)c1c(O)c(CCC(C)CC(C)(C)C)cc(Sc3ccccc3)c1C2=O)CC(C)(C)C. The number of aromatic hydroxyl groups is 2. The molecule has 44 heavy (non-hydrogen) atoms. The zero-order chi connectivity index (χ0) is 32.6. The van der Waals surface area contributed by atoms with Gasteiger partial charge in [0, 0.05) is 15.5 Å². The van der Waals surface area contributed by atoms with Crippen LogP contribution in [0.25, 0.3) is 0 Å². The number of rotatable bonds is 10. The zero-order valence-electron chi connectivity index (χ0n) is 27.6. The maximum Gasteiger partial charge on any atom is 0.202 e. The van der Waals surface area contributed by atoms with Crippen LogP contribution in [0.3, 0.4) is 0 Å². The summed E-state index contributed by atoms with van der Waals surface area (Å²) in [5, 5.41) is 23.1. The minimum Gasteiger partial charge on any atom is -0.507 e. The number of phenolic OH excluding ortho intramolecular Hbond substituents is 2. The van der Waals surface area contributed by atoms with E-state index in [9.17, 15) is 19.8 Å². The van der Waals surface area contributed by atoms with E-state index in [4.69, 9.17) is 5.73 Å². The smallest absolute Gasteiger partial charge is 0.202 e. The van der Waals surface area contributed by atoms with Gasteiger partial charge >= 0.3 is 0 Å². The van der Waals surface area contributed by atoms with Gasteiger partial charge in [-0.25, -0.2) is 0 Å². The van der Waals surface area contributed by atoms with Gasteiger partial charge in [0.25, 0.3) is 0 Å². The van der Waals surface area contributed by atoms with E-state index in [-0.39, 0.29) is 50.3 Å². The Kier molecular flexibility index (Phi) is 9.94. The first-order valence-electron chi connectivity index (χ1n) is 15.8. The fourth-order valence-corrected chi connectivity index (χ4v) is 7.84. The molecule has 0 amide bonds. The van der Waals surface area contributed by atoms with Crippen LogP contribution in [0, 0.1) is 22.7 Å². The monoisotopic (exact) mass is 615 g/mol. The molecule has 2 unspecified atom stereocenters. The molecule has 1 aliphatic carbocycles. The lowest BCUT2D eigenvalue weighted by Gasteiger charge is -2.27. The van der Waals surface area contributed by atoms with Gasteiger partial charge in [0.15, 0.2) is 5.78 Å². The number of hydrogen-bond donors (Lipinski definition) is 3. The standard InChI is InChI=1S/C38H49NO4S/c1-22(20-37(3,4)5)14-16-24-18-27(39)29-31(33(24)40)36(43)32-30(35(29)42)28(44-26-12-10-9-11-13-26)19-25(34(32)41)17-15-23(2)21-38(6,7)8/h9-13,18-19,22-23,40-41H,14-17,20-21,39H2,1-8H3. The third kappa shape index (κ3) is 7.69. The van der Waals surface area contributed by atoms with Crippen LogP contribution in [0.4, 0.5) is 5.69 Å². The van der Waals surface area contributed by atoms with Crippen molar-refractivity contribution in [2.45, 2.75) is 104 Å². The van der Waals surface area contributed by atoms with E-state index in [2.05, 4.69) is 55.4 Å². The minimum absolute atomic E-state index is 0.0207. The number of aryl methyl sites for hydroxylation is 2. The second kappa shape index (κ2) is 13.0. The van der Waals surface area contributed by atoms with Crippen molar-refractivity contribution in [3.05, 3.63) is 75.8 Å². The van der Waals surface area contributed by atoms with Gasteiger partial charge in [0.1, 0.15) is 11.5 Å². The highest BCUT2D eigenvalue weighted by Crippen LogP contribution is 2.47. The highest BCUT2D eigenvalue weighted by molar-refractivity contribution is 7.99. The van der Waals surface area contributed by atoms with Crippen LogP contribution in [-0.2, 0) is 12.8 Å². The topological polar surface area (TPSA) is 101 Å². The van der Waals surface area contributed by atoms with Crippen LogP contribution in [-0.4, -0.2) is 21.8 Å². The van der Waals surface area contributed by atoms with Gasteiger partial charge in [-0.3, -0.25) is 9.59 Å². The quantitative estimate of drug-likeness (QED) is 0.121. The van der Waals surface area contributed by atoms with Crippen molar-refractivity contribution in [2.75, 3.05) is 5.73 Å². The molecule has 0 bridgehead atoms. The summed E-state index contributed by atoms with van der Waals surface area (Å²) in [7, 11) is 0. The van der Waals surface area contributed by atoms with E-state index in [0.29, 0.717) is 40.7 Å². The number of carbonyl (C=O) groups excluding carboxylic acids is 2. The Labute approximate surface area is 267 Å². The van der Waals surface area contributed by atoms with Crippen LogP contribution in [0.15, 0.2) is 52.3 Å². The third-order valence-corrected chi connectivity index (χ3v) is 9.42. The summed E-state index contributed by atoms with van der Waals surface area (Å²) < 4.78 is 0. The van der Waals surface area contributed by atoms with Crippen LogP contribution >= 0.6 is 11.8 Å². The summed E-state index contributed by atoms with van der Waals surface area (Å²) in [5.41, 5.74) is 8.24. The van der Waals surface area contributed by atoms with Gasteiger partial charge in [-0.15, -0.1) is 0 Å². The average molecular weight is 616 g/mol. The van der Waals surface area contributed by atoms with Crippen molar-refractivity contribution in [3.63, 3.8) is 0 Å². The Morgan fingerprint density at radius 1 is 0.705 bits per heavy atom. The van der Waals surface area contributed by atoms with Gasteiger partial charge in [-0.05, 0) is 96.6 Å². The molecule has 3 aromatic rings. The molecule has 1 aliphatic rings. The largest absolute Gasteiger partial charge is 0.507 e.